The number of rotatable bonds is 6. The Morgan fingerprint density at radius 1 is 1.00 bits per heavy atom. The fourth-order valence-electron chi connectivity index (χ4n) is 2.26. The summed E-state index contributed by atoms with van der Waals surface area (Å²) >= 11 is 3.41. The van der Waals surface area contributed by atoms with Crippen LogP contribution in [0.2, 0.25) is 0 Å². The molecule has 0 heterocycles. The van der Waals surface area contributed by atoms with Crippen molar-refractivity contribution in [2.24, 2.45) is 5.10 Å². The number of halogens is 1. The van der Waals surface area contributed by atoms with Crippen molar-refractivity contribution in [3.8, 4) is 5.75 Å². The van der Waals surface area contributed by atoms with Gasteiger partial charge in [-0.1, -0.05) is 28.1 Å². The second kappa shape index (κ2) is 9.00. The first kappa shape index (κ1) is 18.7. The SMILES string of the molecule is Nc1ccc(C(=O)NN=Cc2ccc(OCc3ccc(Br)cc3)cc2)cc1. The van der Waals surface area contributed by atoms with E-state index in [2.05, 4.69) is 26.5 Å². The minimum atomic E-state index is -0.291. The molecular weight excluding hydrogens is 406 g/mol. The molecule has 0 saturated carbocycles. The number of amides is 1. The molecular formula is C21H18BrN3O2. The van der Waals surface area contributed by atoms with Gasteiger partial charge in [0, 0.05) is 15.7 Å². The fraction of sp³-hybridized carbons (Fsp3) is 0.0476. The summed E-state index contributed by atoms with van der Waals surface area (Å²) in [6, 6.07) is 22.1. The van der Waals surface area contributed by atoms with Crippen molar-refractivity contribution in [1.29, 1.82) is 0 Å². The van der Waals surface area contributed by atoms with Gasteiger partial charge in [0.2, 0.25) is 0 Å². The predicted molar refractivity (Wildman–Crippen MR) is 111 cm³/mol. The normalized spacial score (nSPS) is 10.7. The Morgan fingerprint density at radius 2 is 1.67 bits per heavy atom. The van der Waals surface area contributed by atoms with Crippen LogP contribution in [0, 0.1) is 0 Å². The molecule has 0 aliphatic heterocycles. The lowest BCUT2D eigenvalue weighted by Gasteiger charge is -2.06. The van der Waals surface area contributed by atoms with E-state index in [0.717, 1.165) is 21.3 Å². The molecule has 0 radical (unpaired) electrons. The van der Waals surface area contributed by atoms with Crippen LogP contribution < -0.4 is 15.9 Å². The first-order valence-electron chi connectivity index (χ1n) is 8.26. The molecule has 136 valence electrons. The fourth-order valence-corrected chi connectivity index (χ4v) is 2.53. The summed E-state index contributed by atoms with van der Waals surface area (Å²) in [5, 5.41) is 3.97. The van der Waals surface area contributed by atoms with Gasteiger partial charge >= 0.3 is 0 Å². The van der Waals surface area contributed by atoms with Gasteiger partial charge in [0.15, 0.2) is 0 Å². The maximum absolute atomic E-state index is 12.0. The molecule has 0 unspecified atom stereocenters. The summed E-state index contributed by atoms with van der Waals surface area (Å²) in [6.07, 6.45) is 1.58. The first-order chi connectivity index (χ1) is 13.1. The molecule has 0 aliphatic rings. The molecule has 0 saturated heterocycles. The van der Waals surface area contributed by atoms with Crippen LogP contribution in [0.15, 0.2) is 82.4 Å². The number of nitrogens with zero attached hydrogens (tertiary/aromatic N) is 1. The molecule has 0 aliphatic carbocycles. The summed E-state index contributed by atoms with van der Waals surface area (Å²) in [4.78, 5) is 12.0. The van der Waals surface area contributed by atoms with E-state index >= 15 is 0 Å². The Kier molecular flexibility index (Phi) is 6.22. The molecule has 3 N–H and O–H groups in total. The van der Waals surface area contributed by atoms with Crippen molar-refractivity contribution in [3.63, 3.8) is 0 Å². The summed E-state index contributed by atoms with van der Waals surface area (Å²) in [6.45, 7) is 0.498. The topological polar surface area (TPSA) is 76.7 Å². The third kappa shape index (κ3) is 5.69. The molecule has 3 aromatic rings. The molecule has 3 aromatic carbocycles. The number of hydrogen-bond donors (Lipinski definition) is 2. The zero-order valence-electron chi connectivity index (χ0n) is 14.4. The van der Waals surface area contributed by atoms with Gasteiger partial charge in [-0.15, -0.1) is 0 Å². The molecule has 27 heavy (non-hydrogen) atoms. The quantitative estimate of drug-likeness (QED) is 0.351. The largest absolute Gasteiger partial charge is 0.489 e. The Hall–Kier alpha value is -3.12. The smallest absolute Gasteiger partial charge is 0.271 e. The number of nitrogens with one attached hydrogen (secondary N) is 1. The van der Waals surface area contributed by atoms with E-state index in [9.17, 15) is 4.79 Å². The second-order valence-corrected chi connectivity index (χ2v) is 6.72. The van der Waals surface area contributed by atoms with Crippen molar-refractivity contribution in [1.82, 2.24) is 5.43 Å². The number of benzene rings is 3. The zero-order valence-corrected chi connectivity index (χ0v) is 16.0. The van der Waals surface area contributed by atoms with Crippen molar-refractivity contribution >= 4 is 33.7 Å². The Morgan fingerprint density at radius 3 is 2.33 bits per heavy atom. The Labute approximate surface area is 166 Å². The number of carbonyl (C=O) groups is 1. The van der Waals surface area contributed by atoms with Crippen LogP contribution in [0.5, 0.6) is 5.75 Å². The molecule has 0 aromatic heterocycles. The molecule has 0 spiro atoms. The summed E-state index contributed by atoms with van der Waals surface area (Å²) < 4.78 is 6.80. The lowest BCUT2D eigenvalue weighted by Crippen LogP contribution is -2.17. The summed E-state index contributed by atoms with van der Waals surface area (Å²) in [7, 11) is 0. The number of nitrogen functional groups attached to an aromatic ring is 1. The van der Waals surface area contributed by atoms with E-state index in [1.807, 2.05) is 48.5 Å². The number of hydrazone groups is 1. The number of ether oxygens (including phenoxy) is 1. The van der Waals surface area contributed by atoms with E-state index in [4.69, 9.17) is 10.5 Å². The van der Waals surface area contributed by atoms with Crippen LogP contribution in [0.4, 0.5) is 5.69 Å². The second-order valence-electron chi connectivity index (χ2n) is 5.81. The average Bonchev–Trinajstić information content (AvgIpc) is 2.69. The number of anilines is 1. The minimum absolute atomic E-state index is 0.291. The van der Waals surface area contributed by atoms with E-state index in [1.165, 1.54) is 0 Å². The predicted octanol–water partition coefficient (Wildman–Crippen LogP) is 4.37. The van der Waals surface area contributed by atoms with Gasteiger partial charge in [0.1, 0.15) is 12.4 Å². The number of carbonyl (C=O) groups excluding carboxylic acids is 1. The molecule has 0 fully saturated rings. The van der Waals surface area contributed by atoms with Crippen LogP contribution >= 0.6 is 15.9 Å². The van der Waals surface area contributed by atoms with Crippen molar-refractivity contribution in [2.45, 2.75) is 6.61 Å². The highest BCUT2D eigenvalue weighted by Crippen LogP contribution is 2.15. The lowest BCUT2D eigenvalue weighted by atomic mass is 10.2. The van der Waals surface area contributed by atoms with Crippen molar-refractivity contribution in [2.75, 3.05) is 5.73 Å². The van der Waals surface area contributed by atoms with Crippen LogP contribution in [0.25, 0.3) is 0 Å². The van der Waals surface area contributed by atoms with Gasteiger partial charge in [-0.25, -0.2) is 5.43 Å². The van der Waals surface area contributed by atoms with Crippen LogP contribution in [-0.4, -0.2) is 12.1 Å². The third-order valence-corrected chi connectivity index (χ3v) is 4.28. The van der Waals surface area contributed by atoms with Crippen molar-refractivity contribution in [3.05, 3.63) is 94.0 Å². The molecule has 5 nitrogen and oxygen atoms in total. The third-order valence-electron chi connectivity index (χ3n) is 3.75. The van der Waals surface area contributed by atoms with Gasteiger partial charge < -0.3 is 10.5 Å². The Bertz CT molecular complexity index is 921. The lowest BCUT2D eigenvalue weighted by molar-refractivity contribution is 0.0955. The number of hydrogen-bond acceptors (Lipinski definition) is 4. The van der Waals surface area contributed by atoms with Crippen LogP contribution in [0.3, 0.4) is 0 Å². The highest BCUT2D eigenvalue weighted by Gasteiger charge is 2.03. The highest BCUT2D eigenvalue weighted by molar-refractivity contribution is 9.10. The maximum Gasteiger partial charge on any atom is 0.271 e. The highest BCUT2D eigenvalue weighted by atomic mass is 79.9. The standard InChI is InChI=1S/C21H18BrN3O2/c22-18-7-1-16(2-8-18)14-27-20-11-3-15(4-12-20)13-24-25-21(26)17-5-9-19(23)10-6-17/h1-13H,14,23H2,(H,25,26). The number of nitrogens with two attached hydrogens (primary N) is 1. The molecule has 0 bridgehead atoms. The van der Waals surface area contributed by atoms with Gasteiger partial charge in [-0.05, 0) is 71.8 Å². The molecule has 0 atom stereocenters. The first-order valence-corrected chi connectivity index (χ1v) is 9.06. The van der Waals surface area contributed by atoms with Gasteiger partial charge in [0.25, 0.3) is 5.91 Å². The Balaban J connectivity index is 1.50. The summed E-state index contributed by atoms with van der Waals surface area (Å²) in [5.41, 5.74) is 11.1. The summed E-state index contributed by atoms with van der Waals surface area (Å²) in [5.74, 6) is 0.474. The van der Waals surface area contributed by atoms with E-state index in [1.54, 1.807) is 30.5 Å². The van der Waals surface area contributed by atoms with Gasteiger partial charge in [0.05, 0.1) is 6.21 Å². The van der Waals surface area contributed by atoms with Crippen molar-refractivity contribution < 1.29 is 9.53 Å². The molecule has 1 amide bonds. The van der Waals surface area contributed by atoms with E-state index in [0.29, 0.717) is 17.9 Å². The zero-order chi connectivity index (χ0) is 19.1. The van der Waals surface area contributed by atoms with Gasteiger partial charge in [-0.3, -0.25) is 4.79 Å². The van der Waals surface area contributed by atoms with E-state index in [-0.39, 0.29) is 5.91 Å². The maximum atomic E-state index is 12.0. The monoisotopic (exact) mass is 423 g/mol. The van der Waals surface area contributed by atoms with Gasteiger partial charge in [-0.2, -0.15) is 5.10 Å². The minimum Gasteiger partial charge on any atom is -0.489 e. The van der Waals surface area contributed by atoms with Crippen LogP contribution in [0.1, 0.15) is 21.5 Å². The molecule has 6 heteroatoms. The van der Waals surface area contributed by atoms with Crippen LogP contribution in [-0.2, 0) is 6.61 Å². The molecule has 3 rings (SSSR count). The van der Waals surface area contributed by atoms with E-state index < -0.39 is 0 Å². The average molecular weight is 424 g/mol.